The van der Waals surface area contributed by atoms with Crippen LogP contribution in [0.3, 0.4) is 0 Å². The quantitative estimate of drug-likeness (QED) is 0.595. The summed E-state index contributed by atoms with van der Waals surface area (Å²) in [5.41, 5.74) is 0.786. The second kappa shape index (κ2) is 7.63. The molecule has 0 saturated carbocycles. The molecule has 0 aliphatic rings. The smallest absolute Gasteiger partial charge is 0.334 e. The summed E-state index contributed by atoms with van der Waals surface area (Å²) in [5, 5.41) is 3.81. The Bertz CT molecular complexity index is 648. The summed E-state index contributed by atoms with van der Waals surface area (Å²) in [6.07, 6.45) is 0. The average molecular weight is 454 g/mol. The molecule has 0 spiro atoms. The summed E-state index contributed by atoms with van der Waals surface area (Å²) in [4.78, 5) is 13.1. The van der Waals surface area contributed by atoms with Crippen LogP contribution in [-0.4, -0.2) is 12.6 Å². The van der Waals surface area contributed by atoms with Crippen LogP contribution in [0.1, 0.15) is 17.8 Å². The number of ether oxygens (including phenoxy) is 1. The minimum Gasteiger partial charge on any atom is -0.464 e. The number of thiophene rings is 1. The van der Waals surface area contributed by atoms with Crippen molar-refractivity contribution in [2.24, 2.45) is 0 Å². The molecular formula is C14H12Br2ClNO2S. The van der Waals surface area contributed by atoms with Crippen LogP contribution >= 0.6 is 54.8 Å². The van der Waals surface area contributed by atoms with Crippen LogP contribution in [-0.2, 0) is 9.53 Å². The highest BCUT2D eigenvalue weighted by Gasteiger charge is 2.23. The van der Waals surface area contributed by atoms with Crippen molar-refractivity contribution in [3.63, 3.8) is 0 Å². The molecule has 7 heteroatoms. The summed E-state index contributed by atoms with van der Waals surface area (Å²) in [6, 6.07) is 8.67. The molecule has 2 rings (SSSR count). The highest BCUT2D eigenvalue weighted by atomic mass is 79.9. The third-order valence-electron chi connectivity index (χ3n) is 2.63. The van der Waals surface area contributed by atoms with Gasteiger partial charge in [0.1, 0.15) is 0 Å². The number of halogens is 3. The number of carbonyl (C=O) groups is 1. The van der Waals surface area contributed by atoms with Gasteiger partial charge in [0.2, 0.25) is 0 Å². The van der Waals surface area contributed by atoms with Gasteiger partial charge in [0.05, 0.1) is 15.4 Å². The van der Waals surface area contributed by atoms with Crippen LogP contribution < -0.4 is 5.32 Å². The number of anilines is 1. The Balaban J connectivity index is 2.27. The van der Waals surface area contributed by atoms with Crippen LogP contribution in [0, 0.1) is 0 Å². The van der Waals surface area contributed by atoms with Crippen molar-refractivity contribution < 1.29 is 9.53 Å². The van der Waals surface area contributed by atoms with Crippen LogP contribution in [0.2, 0.25) is 5.02 Å². The average Bonchev–Trinajstić information content (AvgIpc) is 2.86. The Morgan fingerprint density at radius 2 is 2.14 bits per heavy atom. The number of esters is 1. The Labute approximate surface area is 148 Å². The molecule has 0 fully saturated rings. The van der Waals surface area contributed by atoms with Crippen molar-refractivity contribution in [3.8, 4) is 0 Å². The fraction of sp³-hybridized carbons (Fsp3) is 0.214. The molecule has 2 aromatic rings. The fourth-order valence-corrected chi connectivity index (χ4v) is 3.67. The van der Waals surface area contributed by atoms with Crippen LogP contribution in [0.15, 0.2) is 38.6 Å². The van der Waals surface area contributed by atoms with E-state index >= 15 is 0 Å². The summed E-state index contributed by atoms with van der Waals surface area (Å²) < 4.78 is 6.88. The third-order valence-corrected chi connectivity index (χ3v) is 5.53. The SMILES string of the molecule is CCOC(=O)C(Nc1ccc(Cl)c(Br)c1)c1ccc(Br)s1. The molecule has 1 N–H and O–H groups in total. The van der Waals surface area contributed by atoms with Gasteiger partial charge in [-0.25, -0.2) is 4.79 Å². The Morgan fingerprint density at radius 1 is 1.38 bits per heavy atom. The van der Waals surface area contributed by atoms with Crippen molar-refractivity contribution in [3.05, 3.63) is 48.5 Å². The van der Waals surface area contributed by atoms with E-state index in [2.05, 4.69) is 37.2 Å². The van der Waals surface area contributed by atoms with Gasteiger partial charge in [-0.1, -0.05) is 11.6 Å². The molecular weight excluding hydrogens is 441 g/mol. The van der Waals surface area contributed by atoms with E-state index in [1.165, 1.54) is 11.3 Å². The lowest BCUT2D eigenvalue weighted by Gasteiger charge is -2.17. The van der Waals surface area contributed by atoms with Crippen molar-refractivity contribution in [2.75, 3.05) is 11.9 Å². The fourth-order valence-electron chi connectivity index (χ4n) is 1.71. The molecule has 0 amide bonds. The topological polar surface area (TPSA) is 38.3 Å². The van der Waals surface area contributed by atoms with E-state index in [0.717, 1.165) is 18.8 Å². The van der Waals surface area contributed by atoms with Crippen molar-refractivity contribution in [1.29, 1.82) is 0 Å². The van der Waals surface area contributed by atoms with E-state index in [1.807, 2.05) is 24.3 Å². The maximum Gasteiger partial charge on any atom is 0.334 e. The number of hydrogen-bond acceptors (Lipinski definition) is 4. The molecule has 0 aliphatic heterocycles. The van der Waals surface area contributed by atoms with Gasteiger partial charge in [-0.15, -0.1) is 11.3 Å². The van der Waals surface area contributed by atoms with E-state index in [1.54, 1.807) is 13.0 Å². The lowest BCUT2D eigenvalue weighted by atomic mass is 10.2. The molecule has 1 aromatic heterocycles. The first-order chi connectivity index (χ1) is 10.0. The third kappa shape index (κ3) is 4.45. The van der Waals surface area contributed by atoms with E-state index in [-0.39, 0.29) is 5.97 Å². The summed E-state index contributed by atoms with van der Waals surface area (Å²) in [6.45, 7) is 2.13. The van der Waals surface area contributed by atoms with Gasteiger partial charge in [0.15, 0.2) is 6.04 Å². The van der Waals surface area contributed by atoms with E-state index in [0.29, 0.717) is 11.6 Å². The first-order valence-electron chi connectivity index (χ1n) is 6.14. The Hall–Kier alpha value is -0.560. The maximum absolute atomic E-state index is 12.2. The molecule has 0 bridgehead atoms. The molecule has 0 radical (unpaired) electrons. The van der Waals surface area contributed by atoms with Crippen molar-refractivity contribution >= 4 is 66.5 Å². The summed E-state index contributed by atoms with van der Waals surface area (Å²) >= 11 is 14.3. The van der Waals surface area contributed by atoms with Gasteiger partial charge in [0, 0.05) is 15.0 Å². The van der Waals surface area contributed by atoms with Crippen LogP contribution in [0.4, 0.5) is 5.69 Å². The van der Waals surface area contributed by atoms with Crippen LogP contribution in [0.5, 0.6) is 0 Å². The molecule has 1 atom stereocenters. The van der Waals surface area contributed by atoms with E-state index in [4.69, 9.17) is 16.3 Å². The number of carbonyl (C=O) groups excluding carboxylic acids is 1. The molecule has 1 unspecified atom stereocenters. The molecule has 1 heterocycles. The zero-order valence-electron chi connectivity index (χ0n) is 11.0. The largest absolute Gasteiger partial charge is 0.464 e. The summed E-state index contributed by atoms with van der Waals surface area (Å²) in [5.74, 6) is -0.307. The lowest BCUT2D eigenvalue weighted by Crippen LogP contribution is -2.22. The molecule has 0 saturated heterocycles. The van der Waals surface area contributed by atoms with Gasteiger partial charge in [0.25, 0.3) is 0 Å². The second-order valence-electron chi connectivity index (χ2n) is 4.10. The highest BCUT2D eigenvalue weighted by Crippen LogP contribution is 2.32. The van der Waals surface area contributed by atoms with Gasteiger partial charge >= 0.3 is 5.97 Å². The minimum absolute atomic E-state index is 0.307. The van der Waals surface area contributed by atoms with Gasteiger partial charge in [-0.2, -0.15) is 0 Å². The maximum atomic E-state index is 12.2. The standard InChI is InChI=1S/C14H12Br2ClNO2S/c1-2-20-14(19)13(11-5-6-12(16)21-11)18-8-3-4-10(17)9(15)7-8/h3-7,13,18H,2H2,1H3. The molecule has 0 aliphatic carbocycles. The number of benzene rings is 1. The number of nitrogens with one attached hydrogen (secondary N) is 1. The minimum atomic E-state index is -0.547. The van der Waals surface area contributed by atoms with Gasteiger partial charge in [-0.05, 0) is 69.1 Å². The predicted octanol–water partition coefficient (Wildman–Crippen LogP) is 5.64. The molecule has 1 aromatic carbocycles. The van der Waals surface area contributed by atoms with Gasteiger partial charge < -0.3 is 10.1 Å². The van der Waals surface area contributed by atoms with Crippen molar-refractivity contribution in [2.45, 2.75) is 13.0 Å². The first kappa shape index (κ1) is 16.8. The van der Waals surface area contributed by atoms with E-state index in [9.17, 15) is 4.79 Å². The number of hydrogen-bond donors (Lipinski definition) is 1. The normalized spacial score (nSPS) is 12.0. The number of rotatable bonds is 5. The zero-order valence-corrected chi connectivity index (χ0v) is 15.8. The lowest BCUT2D eigenvalue weighted by molar-refractivity contribution is -0.144. The monoisotopic (exact) mass is 451 g/mol. The van der Waals surface area contributed by atoms with Gasteiger partial charge in [-0.3, -0.25) is 0 Å². The molecule has 112 valence electrons. The van der Waals surface area contributed by atoms with Crippen LogP contribution in [0.25, 0.3) is 0 Å². The zero-order chi connectivity index (χ0) is 15.4. The predicted molar refractivity (Wildman–Crippen MR) is 94.2 cm³/mol. The first-order valence-corrected chi connectivity index (χ1v) is 8.92. The Kier molecular flexibility index (Phi) is 6.10. The summed E-state index contributed by atoms with van der Waals surface area (Å²) in [7, 11) is 0. The molecule has 3 nitrogen and oxygen atoms in total. The Morgan fingerprint density at radius 3 is 2.71 bits per heavy atom. The highest BCUT2D eigenvalue weighted by molar-refractivity contribution is 9.11. The second-order valence-corrected chi connectivity index (χ2v) is 7.86. The van der Waals surface area contributed by atoms with E-state index < -0.39 is 6.04 Å². The molecule has 21 heavy (non-hydrogen) atoms. The van der Waals surface area contributed by atoms with Crippen molar-refractivity contribution in [1.82, 2.24) is 0 Å².